The van der Waals surface area contributed by atoms with Gasteiger partial charge in [0.25, 0.3) is 0 Å². The molecule has 1 aromatic heterocycles. The lowest BCUT2D eigenvalue weighted by Crippen LogP contribution is -2.11. The van der Waals surface area contributed by atoms with Gasteiger partial charge in [-0.3, -0.25) is 0 Å². The second kappa shape index (κ2) is 5.94. The van der Waals surface area contributed by atoms with Crippen LogP contribution < -0.4 is 4.18 Å². The molecule has 0 fully saturated rings. The zero-order valence-electron chi connectivity index (χ0n) is 12.6. The van der Waals surface area contributed by atoms with E-state index in [1.165, 1.54) is 6.07 Å². The molecule has 0 spiro atoms. The Morgan fingerprint density at radius 3 is 2.57 bits per heavy atom. The van der Waals surface area contributed by atoms with Crippen LogP contribution in [-0.4, -0.2) is 13.4 Å². The number of para-hydroxylation sites is 1. The summed E-state index contributed by atoms with van der Waals surface area (Å²) in [6.07, 6.45) is 0. The molecule has 3 rings (SSSR count). The van der Waals surface area contributed by atoms with Crippen LogP contribution in [0.3, 0.4) is 0 Å². The number of halogens is 1. The first-order valence-corrected chi connectivity index (χ1v) is 9.14. The van der Waals surface area contributed by atoms with E-state index in [0.29, 0.717) is 9.99 Å². The highest BCUT2D eigenvalue weighted by atomic mass is 79.9. The van der Waals surface area contributed by atoms with E-state index in [0.717, 1.165) is 16.6 Å². The third-order valence-electron chi connectivity index (χ3n) is 3.38. The van der Waals surface area contributed by atoms with E-state index in [-0.39, 0.29) is 10.6 Å². The Morgan fingerprint density at radius 1 is 1.04 bits per heavy atom. The topological polar surface area (TPSA) is 56.3 Å². The van der Waals surface area contributed by atoms with Gasteiger partial charge in [-0.25, -0.2) is 4.98 Å². The van der Waals surface area contributed by atoms with Crippen LogP contribution in [0.1, 0.15) is 11.3 Å². The molecule has 0 saturated heterocycles. The van der Waals surface area contributed by atoms with E-state index in [9.17, 15) is 8.42 Å². The summed E-state index contributed by atoms with van der Waals surface area (Å²) in [7, 11) is -3.95. The third kappa shape index (κ3) is 3.23. The van der Waals surface area contributed by atoms with Crippen molar-refractivity contribution < 1.29 is 12.6 Å². The molecular weight excluding hydrogens is 378 g/mol. The molecule has 0 aliphatic heterocycles. The minimum atomic E-state index is -3.95. The minimum absolute atomic E-state index is 0.0905. The highest BCUT2D eigenvalue weighted by Crippen LogP contribution is 2.30. The van der Waals surface area contributed by atoms with Crippen LogP contribution in [0.25, 0.3) is 10.9 Å². The van der Waals surface area contributed by atoms with Crippen LogP contribution in [0.5, 0.6) is 5.75 Å². The highest BCUT2D eigenvalue weighted by Gasteiger charge is 2.21. The maximum absolute atomic E-state index is 12.6. The molecule has 0 aliphatic rings. The number of benzene rings is 2. The summed E-state index contributed by atoms with van der Waals surface area (Å²) in [5.74, 6) is 0.221. The fraction of sp³-hybridized carbons (Fsp3) is 0.118. The standard InChI is InChI=1S/C17H14BrNO3S/c1-11-6-9-16(14(18)10-11)23(20,21)22-15-5-3-4-13-8-7-12(2)19-17(13)15/h3-10H,1-2H3. The molecular formula is C17H14BrNO3S. The number of fused-ring (bicyclic) bond motifs is 1. The molecule has 2 aromatic carbocycles. The van der Waals surface area contributed by atoms with E-state index in [1.54, 1.807) is 24.3 Å². The molecule has 0 saturated carbocycles. The van der Waals surface area contributed by atoms with Gasteiger partial charge >= 0.3 is 10.1 Å². The fourth-order valence-electron chi connectivity index (χ4n) is 2.26. The van der Waals surface area contributed by atoms with E-state index in [4.69, 9.17) is 4.18 Å². The van der Waals surface area contributed by atoms with E-state index >= 15 is 0 Å². The van der Waals surface area contributed by atoms with Crippen LogP contribution in [0.15, 0.2) is 57.9 Å². The Hall–Kier alpha value is -1.92. The Labute approximate surface area is 143 Å². The van der Waals surface area contributed by atoms with Crippen molar-refractivity contribution in [3.8, 4) is 5.75 Å². The van der Waals surface area contributed by atoms with Crippen LogP contribution in [0, 0.1) is 13.8 Å². The molecule has 0 radical (unpaired) electrons. The second-order valence-corrected chi connectivity index (χ2v) is 7.62. The fourth-order valence-corrected chi connectivity index (χ4v) is 4.34. The van der Waals surface area contributed by atoms with Crippen molar-refractivity contribution in [2.45, 2.75) is 18.7 Å². The van der Waals surface area contributed by atoms with Gasteiger partial charge in [-0.2, -0.15) is 8.42 Å². The highest BCUT2D eigenvalue weighted by molar-refractivity contribution is 9.10. The van der Waals surface area contributed by atoms with Crippen molar-refractivity contribution >= 4 is 37.0 Å². The summed E-state index contributed by atoms with van der Waals surface area (Å²) in [5, 5.41) is 0.825. The van der Waals surface area contributed by atoms with Crippen LogP contribution in [-0.2, 0) is 10.1 Å². The van der Waals surface area contributed by atoms with Gasteiger partial charge < -0.3 is 4.18 Å². The van der Waals surface area contributed by atoms with Gasteiger partial charge in [-0.05, 0) is 59.6 Å². The number of aromatic nitrogens is 1. The predicted molar refractivity (Wildman–Crippen MR) is 93.2 cm³/mol. The summed E-state index contributed by atoms with van der Waals surface area (Å²) in [4.78, 5) is 4.48. The molecule has 0 unspecified atom stereocenters. The minimum Gasteiger partial charge on any atom is -0.377 e. The average Bonchev–Trinajstić information content (AvgIpc) is 2.47. The van der Waals surface area contributed by atoms with Crippen molar-refractivity contribution in [2.75, 3.05) is 0 Å². The lowest BCUT2D eigenvalue weighted by atomic mass is 10.2. The zero-order chi connectivity index (χ0) is 16.6. The van der Waals surface area contributed by atoms with Gasteiger partial charge in [0.1, 0.15) is 10.4 Å². The largest absolute Gasteiger partial charge is 0.377 e. The quantitative estimate of drug-likeness (QED) is 0.621. The first-order chi connectivity index (χ1) is 10.9. The molecule has 23 heavy (non-hydrogen) atoms. The number of pyridine rings is 1. The van der Waals surface area contributed by atoms with Crippen molar-refractivity contribution in [1.82, 2.24) is 4.98 Å². The van der Waals surface area contributed by atoms with Gasteiger partial charge in [0.15, 0.2) is 5.75 Å². The Kier molecular flexibility index (Phi) is 4.12. The monoisotopic (exact) mass is 391 g/mol. The van der Waals surface area contributed by atoms with Gasteiger partial charge in [0, 0.05) is 15.6 Å². The van der Waals surface area contributed by atoms with Crippen molar-refractivity contribution in [2.24, 2.45) is 0 Å². The third-order valence-corrected chi connectivity index (χ3v) is 5.59. The molecule has 0 N–H and O–H groups in total. The number of hydrogen-bond acceptors (Lipinski definition) is 4. The number of hydrogen-bond donors (Lipinski definition) is 0. The Morgan fingerprint density at radius 2 is 1.83 bits per heavy atom. The van der Waals surface area contributed by atoms with E-state index < -0.39 is 10.1 Å². The molecule has 0 aliphatic carbocycles. The normalized spacial score (nSPS) is 11.6. The summed E-state index contributed by atoms with van der Waals surface area (Å²) in [6.45, 7) is 3.74. The van der Waals surface area contributed by atoms with Crippen molar-refractivity contribution in [1.29, 1.82) is 0 Å². The Bertz CT molecular complexity index is 1000. The van der Waals surface area contributed by atoms with Crippen molar-refractivity contribution in [3.05, 3.63) is 64.3 Å². The molecule has 0 atom stereocenters. The second-order valence-electron chi connectivity index (χ2n) is 5.25. The SMILES string of the molecule is Cc1ccc(S(=O)(=O)Oc2cccc3ccc(C)nc23)c(Br)c1. The number of aryl methyl sites for hydroxylation is 2. The first-order valence-electron chi connectivity index (χ1n) is 6.94. The molecule has 118 valence electrons. The van der Waals surface area contributed by atoms with Crippen LogP contribution in [0.2, 0.25) is 0 Å². The maximum atomic E-state index is 12.6. The zero-order valence-corrected chi connectivity index (χ0v) is 15.0. The van der Waals surface area contributed by atoms with Crippen LogP contribution >= 0.6 is 15.9 Å². The maximum Gasteiger partial charge on any atom is 0.340 e. The molecule has 3 aromatic rings. The van der Waals surface area contributed by atoms with Gasteiger partial charge in [0.2, 0.25) is 0 Å². The van der Waals surface area contributed by atoms with Gasteiger partial charge in [0.05, 0.1) is 0 Å². The summed E-state index contributed by atoms with van der Waals surface area (Å²) < 4.78 is 31.0. The summed E-state index contributed by atoms with van der Waals surface area (Å²) >= 11 is 3.28. The average molecular weight is 392 g/mol. The van der Waals surface area contributed by atoms with E-state index in [1.807, 2.05) is 32.0 Å². The van der Waals surface area contributed by atoms with Crippen LogP contribution in [0.4, 0.5) is 0 Å². The first kappa shape index (κ1) is 16.0. The number of nitrogens with zero attached hydrogens (tertiary/aromatic N) is 1. The van der Waals surface area contributed by atoms with E-state index in [2.05, 4.69) is 20.9 Å². The Balaban J connectivity index is 2.09. The molecule has 0 amide bonds. The lowest BCUT2D eigenvalue weighted by molar-refractivity contribution is 0.487. The molecule has 1 heterocycles. The molecule has 6 heteroatoms. The van der Waals surface area contributed by atoms with Gasteiger partial charge in [-0.15, -0.1) is 0 Å². The lowest BCUT2D eigenvalue weighted by Gasteiger charge is -2.11. The summed E-state index contributed by atoms with van der Waals surface area (Å²) in [5.41, 5.74) is 2.28. The number of rotatable bonds is 3. The van der Waals surface area contributed by atoms with Gasteiger partial charge in [-0.1, -0.05) is 24.3 Å². The molecule has 4 nitrogen and oxygen atoms in total. The smallest absolute Gasteiger partial charge is 0.340 e. The van der Waals surface area contributed by atoms with Crippen molar-refractivity contribution in [3.63, 3.8) is 0 Å². The predicted octanol–water partition coefficient (Wildman–Crippen LogP) is 4.38. The molecule has 0 bridgehead atoms. The summed E-state index contributed by atoms with van der Waals surface area (Å²) in [6, 6.07) is 14.0.